The number of esters is 3. The Morgan fingerprint density at radius 2 is 0.562 bits per heavy atom. The largest absolute Gasteiger partial charge is 0.462 e. The average molecular weight is 1010 g/mol. The first-order chi connectivity index (χ1) is 36.0. The molecule has 1 atom stereocenters. The molecule has 0 heterocycles. The maximum Gasteiger partial charge on any atom is 0.306 e. The van der Waals surface area contributed by atoms with Gasteiger partial charge in [-0.1, -0.05) is 245 Å². The summed E-state index contributed by atoms with van der Waals surface area (Å²) in [7, 11) is 0. The van der Waals surface area contributed by atoms with Gasteiger partial charge in [0.15, 0.2) is 6.10 Å². The van der Waals surface area contributed by atoms with E-state index < -0.39 is 6.10 Å². The predicted octanol–water partition coefficient (Wildman–Crippen LogP) is 20.4. The maximum atomic E-state index is 12.8. The van der Waals surface area contributed by atoms with Crippen LogP contribution in [0.1, 0.15) is 265 Å². The average Bonchev–Trinajstić information content (AvgIpc) is 3.39. The molecule has 0 saturated heterocycles. The fourth-order valence-corrected chi connectivity index (χ4v) is 7.94. The van der Waals surface area contributed by atoms with E-state index in [1.807, 2.05) is 6.08 Å². The summed E-state index contributed by atoms with van der Waals surface area (Å²) in [5.41, 5.74) is 0. The van der Waals surface area contributed by atoms with Gasteiger partial charge < -0.3 is 14.2 Å². The molecular weight excluding hydrogens is 901 g/mol. The van der Waals surface area contributed by atoms with Crippen molar-refractivity contribution >= 4 is 17.9 Å². The SMILES string of the molecule is CC/C=C\C/C=C\C/C=C\C/C=C\C/C=C\C/C=C\CCC(=O)OC[C@H](COC(=O)CCCCCCCCCCCCC/C=C\CCCCCCCC)OC(=O)CCCC/C=C\C/C=C\C/C=C\CCCCC. The quantitative estimate of drug-likeness (QED) is 0.0261. The van der Waals surface area contributed by atoms with E-state index >= 15 is 0 Å². The lowest BCUT2D eigenvalue weighted by molar-refractivity contribution is -0.166. The van der Waals surface area contributed by atoms with E-state index in [9.17, 15) is 14.4 Å². The molecule has 0 aliphatic carbocycles. The zero-order chi connectivity index (χ0) is 52.9. The van der Waals surface area contributed by atoms with Crippen molar-refractivity contribution in [3.63, 3.8) is 0 Å². The Hall–Kier alpha value is -4.19. The van der Waals surface area contributed by atoms with Crippen molar-refractivity contribution in [2.75, 3.05) is 13.2 Å². The molecule has 0 aromatic heterocycles. The molecule has 414 valence electrons. The molecule has 0 spiro atoms. The second-order valence-corrected chi connectivity index (χ2v) is 19.5. The lowest BCUT2D eigenvalue weighted by atomic mass is 10.0. The van der Waals surface area contributed by atoms with E-state index in [1.165, 1.54) is 128 Å². The molecule has 0 fully saturated rings. The molecular formula is C67H110O6. The molecule has 0 unspecified atom stereocenters. The molecule has 0 aliphatic rings. The first-order valence-corrected chi connectivity index (χ1v) is 30.0. The lowest BCUT2D eigenvalue weighted by Gasteiger charge is -2.18. The topological polar surface area (TPSA) is 78.9 Å². The third kappa shape index (κ3) is 58.6. The van der Waals surface area contributed by atoms with E-state index in [-0.39, 0.29) is 44.0 Å². The monoisotopic (exact) mass is 1010 g/mol. The van der Waals surface area contributed by atoms with Gasteiger partial charge in [-0.15, -0.1) is 0 Å². The van der Waals surface area contributed by atoms with E-state index in [4.69, 9.17) is 14.2 Å². The van der Waals surface area contributed by atoms with Crippen molar-refractivity contribution in [3.8, 4) is 0 Å². The van der Waals surface area contributed by atoms with E-state index in [1.54, 1.807) is 0 Å². The maximum absolute atomic E-state index is 12.8. The number of ether oxygens (including phenoxy) is 3. The zero-order valence-corrected chi connectivity index (χ0v) is 47.4. The van der Waals surface area contributed by atoms with Gasteiger partial charge in [-0.3, -0.25) is 14.4 Å². The first kappa shape index (κ1) is 68.8. The Morgan fingerprint density at radius 1 is 0.288 bits per heavy atom. The van der Waals surface area contributed by atoms with Crippen molar-refractivity contribution < 1.29 is 28.6 Å². The highest BCUT2D eigenvalue weighted by Gasteiger charge is 2.19. The third-order valence-electron chi connectivity index (χ3n) is 12.4. The minimum absolute atomic E-state index is 0.119. The molecule has 0 bridgehead atoms. The van der Waals surface area contributed by atoms with Gasteiger partial charge in [0.1, 0.15) is 13.2 Å². The van der Waals surface area contributed by atoms with Crippen LogP contribution in [0, 0.1) is 0 Å². The molecule has 0 saturated carbocycles. The van der Waals surface area contributed by atoms with Gasteiger partial charge in [0.05, 0.1) is 0 Å². The summed E-state index contributed by atoms with van der Waals surface area (Å²) in [6.07, 6.45) is 83.5. The van der Waals surface area contributed by atoms with E-state index in [0.29, 0.717) is 19.3 Å². The van der Waals surface area contributed by atoms with Crippen LogP contribution in [-0.2, 0) is 28.6 Å². The minimum atomic E-state index is -0.833. The van der Waals surface area contributed by atoms with Crippen LogP contribution in [0.15, 0.2) is 122 Å². The van der Waals surface area contributed by atoms with Crippen LogP contribution in [-0.4, -0.2) is 37.2 Å². The standard InChI is InChI=1S/C67H110O6/c1-4-7-10-13-16-19-22-25-28-30-32-33-35-37-40-42-45-48-51-54-57-60-66(69)72-63-64(73-67(70)61-58-55-52-49-46-43-38-27-24-21-18-15-12-9-6-3)62-71-65(68)59-56-53-50-47-44-41-39-36-34-31-29-26-23-20-17-14-11-8-5-2/h8,11,17-18,20-21,25-29,34,36,38,41,44,46,49-50,53,64H,4-7,9-10,12-16,19,22-24,30-33,35,37,39-40,42-43,45,47-48,51-52,54-63H2,1-3H3/b11-8-,20-17-,21-18-,28-25-,29-26-,36-34-,38-27-,44-41-,49-46-,53-50-/t64-/m1/s1. The van der Waals surface area contributed by atoms with Gasteiger partial charge in [0, 0.05) is 19.3 Å². The summed E-state index contributed by atoms with van der Waals surface area (Å²) in [5, 5.41) is 0. The molecule has 0 aromatic rings. The summed E-state index contributed by atoms with van der Waals surface area (Å²) in [4.78, 5) is 38.2. The van der Waals surface area contributed by atoms with Gasteiger partial charge in [0.25, 0.3) is 0 Å². The number of carbonyl (C=O) groups excluding carboxylic acids is 3. The molecule has 0 rings (SSSR count). The highest BCUT2D eigenvalue weighted by Crippen LogP contribution is 2.15. The zero-order valence-electron chi connectivity index (χ0n) is 47.4. The second kappa shape index (κ2) is 60.4. The molecule has 0 amide bonds. The predicted molar refractivity (Wildman–Crippen MR) is 316 cm³/mol. The van der Waals surface area contributed by atoms with Crippen LogP contribution in [0.5, 0.6) is 0 Å². The number of rotatable bonds is 53. The van der Waals surface area contributed by atoms with Crippen molar-refractivity contribution in [2.24, 2.45) is 0 Å². The summed E-state index contributed by atoms with van der Waals surface area (Å²) in [5.74, 6) is -1.05. The summed E-state index contributed by atoms with van der Waals surface area (Å²) >= 11 is 0. The lowest BCUT2D eigenvalue weighted by Crippen LogP contribution is -2.30. The van der Waals surface area contributed by atoms with Gasteiger partial charge in [-0.2, -0.15) is 0 Å². The molecule has 0 aliphatic heterocycles. The molecule has 0 aromatic carbocycles. The highest BCUT2D eigenvalue weighted by molar-refractivity contribution is 5.71. The highest BCUT2D eigenvalue weighted by atomic mass is 16.6. The van der Waals surface area contributed by atoms with Gasteiger partial charge in [-0.25, -0.2) is 0 Å². The fraction of sp³-hybridized carbons (Fsp3) is 0.657. The van der Waals surface area contributed by atoms with Crippen LogP contribution in [0.25, 0.3) is 0 Å². The third-order valence-corrected chi connectivity index (χ3v) is 12.4. The van der Waals surface area contributed by atoms with Crippen LogP contribution < -0.4 is 0 Å². The van der Waals surface area contributed by atoms with Gasteiger partial charge >= 0.3 is 17.9 Å². The molecule has 73 heavy (non-hydrogen) atoms. The number of hydrogen-bond donors (Lipinski definition) is 0. The van der Waals surface area contributed by atoms with Crippen molar-refractivity contribution in [1.29, 1.82) is 0 Å². The smallest absolute Gasteiger partial charge is 0.306 e. The Balaban J connectivity index is 4.51. The molecule has 6 heteroatoms. The van der Waals surface area contributed by atoms with Crippen molar-refractivity contribution in [3.05, 3.63) is 122 Å². The summed E-state index contributed by atoms with van der Waals surface area (Å²) < 4.78 is 16.8. The van der Waals surface area contributed by atoms with Crippen LogP contribution >= 0.6 is 0 Å². The Kier molecular flexibility index (Phi) is 56.9. The first-order valence-electron chi connectivity index (χ1n) is 30.0. The minimum Gasteiger partial charge on any atom is -0.462 e. The van der Waals surface area contributed by atoms with Gasteiger partial charge in [0.2, 0.25) is 0 Å². The van der Waals surface area contributed by atoms with E-state index in [0.717, 1.165) is 83.5 Å². The van der Waals surface area contributed by atoms with Crippen LogP contribution in [0.4, 0.5) is 0 Å². The van der Waals surface area contributed by atoms with Crippen LogP contribution in [0.3, 0.4) is 0 Å². The van der Waals surface area contributed by atoms with Crippen molar-refractivity contribution in [2.45, 2.75) is 271 Å². The van der Waals surface area contributed by atoms with Gasteiger partial charge in [-0.05, 0) is 122 Å². The Bertz CT molecular complexity index is 1540. The fourth-order valence-electron chi connectivity index (χ4n) is 7.94. The number of allylic oxidation sites excluding steroid dienone is 20. The van der Waals surface area contributed by atoms with Crippen molar-refractivity contribution in [1.82, 2.24) is 0 Å². The summed E-state index contributed by atoms with van der Waals surface area (Å²) in [6.45, 7) is 6.40. The number of hydrogen-bond acceptors (Lipinski definition) is 6. The van der Waals surface area contributed by atoms with Crippen LogP contribution in [0.2, 0.25) is 0 Å². The normalized spacial score (nSPS) is 13.0. The summed E-state index contributed by atoms with van der Waals surface area (Å²) in [6, 6.07) is 0. The van der Waals surface area contributed by atoms with E-state index in [2.05, 4.69) is 136 Å². The number of carbonyl (C=O) groups is 3. The molecule has 0 radical (unpaired) electrons. The molecule has 6 nitrogen and oxygen atoms in total. The Labute approximate surface area is 450 Å². The number of unbranched alkanes of at least 4 members (excludes halogenated alkanes) is 22. The Morgan fingerprint density at radius 3 is 0.986 bits per heavy atom. The molecule has 0 N–H and O–H groups in total. The second-order valence-electron chi connectivity index (χ2n) is 19.5.